The van der Waals surface area contributed by atoms with Gasteiger partial charge in [-0.15, -0.1) is 0 Å². The lowest BCUT2D eigenvalue weighted by atomic mass is 9.94. The molecule has 0 fully saturated rings. The molecule has 0 saturated heterocycles. The van der Waals surface area contributed by atoms with Gasteiger partial charge in [0.05, 0.1) is 0 Å². The highest BCUT2D eigenvalue weighted by Crippen LogP contribution is 2.30. The van der Waals surface area contributed by atoms with Gasteiger partial charge in [-0.2, -0.15) is 0 Å². The Hall–Kier alpha value is -3.47. The van der Waals surface area contributed by atoms with Gasteiger partial charge >= 0.3 is 0 Å². The first-order valence-electron chi connectivity index (χ1n) is 11.1. The highest BCUT2D eigenvalue weighted by atomic mass is 16.1. The van der Waals surface area contributed by atoms with E-state index in [1.807, 2.05) is 19.2 Å². The van der Waals surface area contributed by atoms with E-state index in [2.05, 4.69) is 54.6 Å². The van der Waals surface area contributed by atoms with Crippen LogP contribution in [0.2, 0.25) is 0 Å². The van der Waals surface area contributed by atoms with E-state index in [0.717, 1.165) is 42.9 Å². The van der Waals surface area contributed by atoms with Crippen LogP contribution in [0.3, 0.4) is 0 Å². The number of allylic oxidation sites excluding steroid dienone is 1. The predicted molar refractivity (Wildman–Crippen MR) is 130 cm³/mol. The number of fused-ring (bicyclic) bond motifs is 1. The molecule has 164 valence electrons. The average Bonchev–Trinajstić information content (AvgIpc) is 2.81. The fourth-order valence-corrected chi connectivity index (χ4v) is 4.33. The summed E-state index contributed by atoms with van der Waals surface area (Å²) < 4.78 is 1.55. The van der Waals surface area contributed by atoms with Crippen molar-refractivity contribution in [2.75, 3.05) is 6.54 Å². The molecule has 4 rings (SSSR count). The Balaban J connectivity index is 1.60. The van der Waals surface area contributed by atoms with Crippen LogP contribution >= 0.6 is 0 Å². The van der Waals surface area contributed by atoms with Crippen molar-refractivity contribution in [3.05, 3.63) is 99.1 Å². The molecule has 1 aliphatic rings. The van der Waals surface area contributed by atoms with Gasteiger partial charge in [0, 0.05) is 62.0 Å². The summed E-state index contributed by atoms with van der Waals surface area (Å²) in [4.78, 5) is 23.3. The third-order valence-electron chi connectivity index (χ3n) is 6.46. The second-order valence-corrected chi connectivity index (χ2v) is 8.42. The minimum Gasteiger partial charge on any atom is -0.367 e. The summed E-state index contributed by atoms with van der Waals surface area (Å²) in [5, 5.41) is 0. The number of hydrogen-bond donors (Lipinski definition) is 0. The fraction of sp³-hybridized carbons (Fsp3) is 0.296. The standard InChI is InChI=1S/C27H30N4O/c1-6-21-8-7-9-24(19(21)3)22-15-23-17-31(13-11-25(23)29-16-22)20(4)18(2)14-26-28-12-10-27(32)30(26)5/h7-10,12,14-16H,4,6,11,13,17H2,1-3,5H3/b18-14-. The van der Waals surface area contributed by atoms with Gasteiger partial charge in [0.25, 0.3) is 5.56 Å². The maximum Gasteiger partial charge on any atom is 0.253 e. The van der Waals surface area contributed by atoms with Crippen LogP contribution in [0.4, 0.5) is 0 Å². The van der Waals surface area contributed by atoms with Crippen LogP contribution in [0.25, 0.3) is 17.2 Å². The summed E-state index contributed by atoms with van der Waals surface area (Å²) >= 11 is 0. The van der Waals surface area contributed by atoms with Crippen molar-refractivity contribution >= 4 is 6.08 Å². The zero-order valence-electron chi connectivity index (χ0n) is 19.4. The maximum atomic E-state index is 11.9. The third kappa shape index (κ3) is 4.15. The Morgan fingerprint density at radius 3 is 2.84 bits per heavy atom. The minimum atomic E-state index is -0.0717. The van der Waals surface area contributed by atoms with E-state index in [1.54, 1.807) is 17.8 Å². The van der Waals surface area contributed by atoms with E-state index >= 15 is 0 Å². The van der Waals surface area contributed by atoms with Crippen molar-refractivity contribution < 1.29 is 0 Å². The molecule has 0 radical (unpaired) electrons. The van der Waals surface area contributed by atoms with Gasteiger partial charge in [0.1, 0.15) is 5.82 Å². The van der Waals surface area contributed by atoms with Crippen LogP contribution in [0.5, 0.6) is 0 Å². The van der Waals surface area contributed by atoms with Gasteiger partial charge < -0.3 is 4.90 Å². The van der Waals surface area contributed by atoms with Crippen LogP contribution in [-0.4, -0.2) is 26.0 Å². The monoisotopic (exact) mass is 426 g/mol. The van der Waals surface area contributed by atoms with Crippen LogP contribution in [-0.2, 0) is 26.4 Å². The number of aryl methyl sites for hydroxylation is 1. The molecule has 32 heavy (non-hydrogen) atoms. The fourth-order valence-electron chi connectivity index (χ4n) is 4.33. The molecule has 0 atom stereocenters. The van der Waals surface area contributed by atoms with E-state index in [-0.39, 0.29) is 5.56 Å². The largest absolute Gasteiger partial charge is 0.367 e. The van der Waals surface area contributed by atoms with Gasteiger partial charge in [0.15, 0.2) is 0 Å². The molecule has 5 nitrogen and oxygen atoms in total. The lowest BCUT2D eigenvalue weighted by Gasteiger charge is -2.32. The van der Waals surface area contributed by atoms with Crippen molar-refractivity contribution in [3.63, 3.8) is 0 Å². The highest BCUT2D eigenvalue weighted by molar-refractivity contribution is 5.68. The average molecular weight is 427 g/mol. The molecule has 1 aliphatic heterocycles. The number of rotatable bonds is 5. The predicted octanol–water partition coefficient (Wildman–Crippen LogP) is 4.69. The Bertz CT molecular complexity index is 1270. The van der Waals surface area contributed by atoms with Crippen LogP contribution in [0.1, 0.15) is 42.1 Å². The SMILES string of the molecule is C=C(/C(C)=C\c1nccc(=O)n1C)N1CCc2ncc(-c3cccc(CC)c3C)cc2C1. The minimum absolute atomic E-state index is 0.0717. The molecule has 0 N–H and O–H groups in total. The lowest BCUT2D eigenvalue weighted by molar-refractivity contribution is 0.326. The van der Waals surface area contributed by atoms with Crippen molar-refractivity contribution in [2.24, 2.45) is 7.05 Å². The molecule has 0 saturated carbocycles. The normalized spacial score (nSPS) is 13.8. The first-order chi connectivity index (χ1) is 15.4. The van der Waals surface area contributed by atoms with Gasteiger partial charge in [0.2, 0.25) is 0 Å². The Morgan fingerprint density at radius 2 is 2.06 bits per heavy atom. The molecule has 5 heteroatoms. The highest BCUT2D eigenvalue weighted by Gasteiger charge is 2.20. The summed E-state index contributed by atoms with van der Waals surface area (Å²) in [6.07, 6.45) is 7.40. The zero-order chi connectivity index (χ0) is 22.8. The van der Waals surface area contributed by atoms with Gasteiger partial charge in [-0.05, 0) is 60.2 Å². The number of benzene rings is 1. The number of pyridine rings is 1. The Labute approximate surface area is 189 Å². The first kappa shape index (κ1) is 21.8. The summed E-state index contributed by atoms with van der Waals surface area (Å²) in [6, 6.07) is 10.3. The maximum absolute atomic E-state index is 11.9. The van der Waals surface area contributed by atoms with Gasteiger partial charge in [-0.1, -0.05) is 31.7 Å². The number of nitrogens with zero attached hydrogens (tertiary/aromatic N) is 4. The van der Waals surface area contributed by atoms with Crippen molar-refractivity contribution in [1.82, 2.24) is 19.4 Å². The smallest absolute Gasteiger partial charge is 0.253 e. The molecule has 3 heterocycles. The molecule has 2 aromatic heterocycles. The van der Waals surface area contributed by atoms with E-state index < -0.39 is 0 Å². The quantitative estimate of drug-likeness (QED) is 0.556. The van der Waals surface area contributed by atoms with Crippen molar-refractivity contribution in [2.45, 2.75) is 40.2 Å². The zero-order valence-corrected chi connectivity index (χ0v) is 19.4. The first-order valence-corrected chi connectivity index (χ1v) is 11.1. The lowest BCUT2D eigenvalue weighted by Crippen LogP contribution is -2.30. The second kappa shape index (κ2) is 8.95. The molecule has 0 bridgehead atoms. The summed E-state index contributed by atoms with van der Waals surface area (Å²) in [5.74, 6) is 0.629. The molecule has 1 aromatic carbocycles. The number of aromatic nitrogens is 3. The van der Waals surface area contributed by atoms with Crippen LogP contribution in [0.15, 0.2) is 65.4 Å². The van der Waals surface area contributed by atoms with E-state index in [4.69, 9.17) is 4.98 Å². The van der Waals surface area contributed by atoms with E-state index in [1.165, 1.54) is 33.9 Å². The van der Waals surface area contributed by atoms with E-state index in [9.17, 15) is 4.79 Å². The molecule has 0 aliphatic carbocycles. The molecular formula is C27H30N4O. The Morgan fingerprint density at radius 1 is 1.25 bits per heavy atom. The molecular weight excluding hydrogens is 396 g/mol. The van der Waals surface area contributed by atoms with Crippen molar-refractivity contribution in [1.29, 1.82) is 0 Å². The molecule has 3 aromatic rings. The second-order valence-electron chi connectivity index (χ2n) is 8.42. The summed E-state index contributed by atoms with van der Waals surface area (Å²) in [5.41, 5.74) is 9.40. The number of hydrogen-bond acceptors (Lipinski definition) is 4. The molecule has 0 spiro atoms. The topological polar surface area (TPSA) is 51.0 Å². The third-order valence-corrected chi connectivity index (χ3v) is 6.46. The van der Waals surface area contributed by atoms with Crippen LogP contribution in [0, 0.1) is 6.92 Å². The molecule has 0 unspecified atom stereocenters. The summed E-state index contributed by atoms with van der Waals surface area (Å²) in [6.45, 7) is 12.4. The Kier molecular flexibility index (Phi) is 6.08. The summed E-state index contributed by atoms with van der Waals surface area (Å²) in [7, 11) is 1.73. The van der Waals surface area contributed by atoms with E-state index in [0.29, 0.717) is 5.82 Å². The van der Waals surface area contributed by atoms with Gasteiger partial charge in [-0.25, -0.2) is 4.98 Å². The molecule has 0 amide bonds. The van der Waals surface area contributed by atoms with Crippen LogP contribution < -0.4 is 5.56 Å². The van der Waals surface area contributed by atoms with Gasteiger partial charge in [-0.3, -0.25) is 14.3 Å². The van der Waals surface area contributed by atoms with Crippen molar-refractivity contribution in [3.8, 4) is 11.1 Å².